The fourth-order valence-corrected chi connectivity index (χ4v) is 1.70. The number of carbonyl (C=O) groups excluding carboxylic acids is 1. The summed E-state index contributed by atoms with van der Waals surface area (Å²) in [5.74, 6) is -0.0238. The van der Waals surface area contributed by atoms with E-state index in [0.29, 0.717) is 4.90 Å². The van der Waals surface area contributed by atoms with E-state index in [-0.39, 0.29) is 12.3 Å². The van der Waals surface area contributed by atoms with Crippen molar-refractivity contribution in [3.63, 3.8) is 0 Å². The first kappa shape index (κ1) is 10.1. The highest BCUT2D eigenvalue weighted by molar-refractivity contribution is 7.83. The molecule has 0 fully saturated rings. The molecule has 1 aromatic carbocycles. The molecule has 0 aliphatic heterocycles. The summed E-state index contributed by atoms with van der Waals surface area (Å²) in [5.41, 5.74) is 0. The molecule has 0 amide bonds. The molecule has 1 aromatic rings. The first-order valence-corrected chi connectivity index (χ1v) is 5.05. The average Bonchev–Trinajstić information content (AvgIpc) is 2.15. The molecule has 1 atom stereocenters. The van der Waals surface area contributed by atoms with Gasteiger partial charge in [0, 0.05) is 0 Å². The van der Waals surface area contributed by atoms with E-state index in [1.807, 2.05) is 18.2 Å². The van der Waals surface area contributed by atoms with Crippen molar-refractivity contribution in [2.24, 2.45) is 0 Å². The molecule has 0 spiro atoms. The van der Waals surface area contributed by atoms with Crippen LogP contribution < -0.4 is 4.72 Å². The van der Waals surface area contributed by atoms with E-state index in [2.05, 4.69) is 4.72 Å². The van der Waals surface area contributed by atoms with E-state index >= 15 is 0 Å². The summed E-state index contributed by atoms with van der Waals surface area (Å²) in [6, 6.07) is 8.98. The van der Waals surface area contributed by atoms with E-state index in [1.54, 1.807) is 12.1 Å². The first-order valence-electron chi connectivity index (χ1n) is 3.90. The number of nitrogens with one attached hydrogen (secondary N) is 1. The van der Waals surface area contributed by atoms with Gasteiger partial charge in [-0.05, 0) is 19.1 Å². The molecule has 0 saturated carbocycles. The van der Waals surface area contributed by atoms with E-state index in [0.717, 1.165) is 0 Å². The third-order valence-electron chi connectivity index (χ3n) is 1.41. The highest BCUT2D eigenvalue weighted by Gasteiger charge is 2.02. The van der Waals surface area contributed by atoms with Crippen LogP contribution in [0.4, 0.5) is 0 Å². The summed E-state index contributed by atoms with van der Waals surface area (Å²) >= 11 is 0. The van der Waals surface area contributed by atoms with Gasteiger partial charge in [0.2, 0.25) is 0 Å². The number of hydrogen-bond donors (Lipinski definition) is 1. The Morgan fingerprint density at radius 1 is 1.38 bits per heavy atom. The van der Waals surface area contributed by atoms with Crippen LogP contribution in [-0.2, 0) is 15.8 Å². The van der Waals surface area contributed by atoms with Crippen molar-refractivity contribution in [1.82, 2.24) is 4.72 Å². The van der Waals surface area contributed by atoms with E-state index in [9.17, 15) is 9.00 Å². The summed E-state index contributed by atoms with van der Waals surface area (Å²) < 4.78 is 14.0. The van der Waals surface area contributed by atoms with Gasteiger partial charge in [0.1, 0.15) is 16.8 Å². The Labute approximate surface area is 79.7 Å². The van der Waals surface area contributed by atoms with Gasteiger partial charge >= 0.3 is 0 Å². The molecular formula is C9H11NO2S. The van der Waals surface area contributed by atoms with Crippen molar-refractivity contribution >= 4 is 16.8 Å². The third kappa shape index (κ3) is 3.48. The van der Waals surface area contributed by atoms with Gasteiger partial charge in [0.25, 0.3) is 0 Å². The number of Topliss-reactive ketones (excluding diaryl/α,β-unsaturated/α-hetero) is 1. The van der Waals surface area contributed by atoms with Crippen LogP contribution in [0.1, 0.15) is 6.92 Å². The largest absolute Gasteiger partial charge is 0.299 e. The number of benzene rings is 1. The zero-order valence-electron chi connectivity index (χ0n) is 7.32. The molecule has 0 saturated heterocycles. The Morgan fingerprint density at radius 2 is 2.00 bits per heavy atom. The Balaban J connectivity index is 2.54. The fraction of sp³-hybridized carbons (Fsp3) is 0.222. The zero-order chi connectivity index (χ0) is 9.68. The fourth-order valence-electron chi connectivity index (χ4n) is 0.795. The minimum atomic E-state index is -1.27. The van der Waals surface area contributed by atoms with Gasteiger partial charge < -0.3 is 0 Å². The van der Waals surface area contributed by atoms with Gasteiger partial charge in [-0.2, -0.15) is 0 Å². The SMILES string of the molecule is CC(=O)CNS(=O)c1ccccc1. The van der Waals surface area contributed by atoms with E-state index < -0.39 is 11.0 Å². The number of carbonyl (C=O) groups is 1. The topological polar surface area (TPSA) is 46.2 Å². The monoisotopic (exact) mass is 197 g/mol. The molecule has 0 aliphatic rings. The van der Waals surface area contributed by atoms with E-state index in [4.69, 9.17) is 0 Å². The maximum Gasteiger partial charge on any atom is 0.144 e. The van der Waals surface area contributed by atoms with Crippen molar-refractivity contribution < 1.29 is 9.00 Å². The molecule has 0 heterocycles. The van der Waals surface area contributed by atoms with Gasteiger partial charge in [0.15, 0.2) is 0 Å². The number of rotatable bonds is 4. The lowest BCUT2D eigenvalue weighted by Crippen LogP contribution is -2.23. The Hall–Kier alpha value is -1.00. The smallest absolute Gasteiger partial charge is 0.144 e. The lowest BCUT2D eigenvalue weighted by atomic mass is 10.4. The lowest BCUT2D eigenvalue weighted by molar-refractivity contribution is -0.115. The van der Waals surface area contributed by atoms with Gasteiger partial charge in [-0.25, -0.2) is 8.93 Å². The van der Waals surface area contributed by atoms with Crippen molar-refractivity contribution in [2.45, 2.75) is 11.8 Å². The second-order valence-electron chi connectivity index (χ2n) is 2.60. The van der Waals surface area contributed by atoms with Crippen LogP contribution in [0.2, 0.25) is 0 Å². The van der Waals surface area contributed by atoms with Crippen LogP contribution in [0.5, 0.6) is 0 Å². The molecule has 1 unspecified atom stereocenters. The van der Waals surface area contributed by atoms with Crippen molar-refractivity contribution in [3.8, 4) is 0 Å². The van der Waals surface area contributed by atoms with E-state index in [1.165, 1.54) is 6.92 Å². The van der Waals surface area contributed by atoms with Gasteiger partial charge in [0.05, 0.1) is 11.4 Å². The summed E-state index contributed by atoms with van der Waals surface area (Å²) in [5, 5.41) is 0. The zero-order valence-corrected chi connectivity index (χ0v) is 8.14. The van der Waals surface area contributed by atoms with Gasteiger partial charge in [-0.1, -0.05) is 18.2 Å². The molecule has 13 heavy (non-hydrogen) atoms. The molecule has 3 nitrogen and oxygen atoms in total. The average molecular weight is 197 g/mol. The maximum atomic E-state index is 11.4. The summed E-state index contributed by atoms with van der Waals surface area (Å²) in [4.78, 5) is 11.3. The Bertz CT molecular complexity index is 311. The van der Waals surface area contributed by atoms with Crippen LogP contribution in [0.3, 0.4) is 0 Å². The Morgan fingerprint density at radius 3 is 2.54 bits per heavy atom. The minimum Gasteiger partial charge on any atom is -0.299 e. The summed E-state index contributed by atoms with van der Waals surface area (Å²) in [7, 11) is -1.27. The van der Waals surface area contributed by atoms with Gasteiger partial charge in [-0.15, -0.1) is 0 Å². The van der Waals surface area contributed by atoms with Crippen molar-refractivity contribution in [2.75, 3.05) is 6.54 Å². The summed E-state index contributed by atoms with van der Waals surface area (Å²) in [6.07, 6.45) is 0. The molecule has 4 heteroatoms. The molecule has 1 N–H and O–H groups in total. The van der Waals surface area contributed by atoms with Crippen molar-refractivity contribution in [1.29, 1.82) is 0 Å². The van der Waals surface area contributed by atoms with Gasteiger partial charge in [-0.3, -0.25) is 4.79 Å². The van der Waals surface area contributed by atoms with Crippen LogP contribution in [0.15, 0.2) is 35.2 Å². The molecule has 70 valence electrons. The van der Waals surface area contributed by atoms with Crippen LogP contribution >= 0.6 is 0 Å². The van der Waals surface area contributed by atoms with Crippen LogP contribution in [-0.4, -0.2) is 16.5 Å². The first-order chi connectivity index (χ1) is 6.20. The predicted molar refractivity (Wildman–Crippen MR) is 51.5 cm³/mol. The van der Waals surface area contributed by atoms with Crippen molar-refractivity contribution in [3.05, 3.63) is 30.3 Å². The maximum absolute atomic E-state index is 11.4. The molecule has 0 radical (unpaired) electrons. The second-order valence-corrected chi connectivity index (χ2v) is 3.90. The minimum absolute atomic E-state index is 0.0238. The molecule has 0 aromatic heterocycles. The molecular weight excluding hydrogens is 186 g/mol. The predicted octanol–water partition coefficient (Wildman–Crippen LogP) is 0.888. The van der Waals surface area contributed by atoms with Crippen LogP contribution in [0.25, 0.3) is 0 Å². The standard InChI is InChI=1S/C9H11NO2S/c1-8(11)7-10-13(12)9-5-3-2-4-6-9/h2-6,10H,7H2,1H3. The number of ketones is 1. The second kappa shape index (κ2) is 4.89. The quantitative estimate of drug-likeness (QED) is 0.779. The normalized spacial score (nSPS) is 12.4. The lowest BCUT2D eigenvalue weighted by Gasteiger charge is -2.01. The molecule has 0 aliphatic carbocycles. The molecule has 1 rings (SSSR count). The Kier molecular flexibility index (Phi) is 3.79. The highest BCUT2D eigenvalue weighted by Crippen LogP contribution is 2.01. The summed E-state index contributed by atoms with van der Waals surface area (Å²) in [6.45, 7) is 1.59. The highest BCUT2D eigenvalue weighted by atomic mass is 32.2. The molecule has 0 bridgehead atoms. The third-order valence-corrected chi connectivity index (χ3v) is 2.52. The van der Waals surface area contributed by atoms with Crippen LogP contribution in [0, 0.1) is 0 Å². The number of hydrogen-bond acceptors (Lipinski definition) is 2.